The second-order valence-electron chi connectivity index (χ2n) is 4.22. The van der Waals surface area contributed by atoms with Crippen molar-refractivity contribution in [3.05, 3.63) is 66.7 Å². The molecule has 0 saturated carbocycles. The summed E-state index contributed by atoms with van der Waals surface area (Å²) in [5.74, 6) is 5.68. The second kappa shape index (κ2) is 7.04. The number of hydrogen-bond acceptors (Lipinski definition) is 2. The van der Waals surface area contributed by atoms with E-state index in [1.165, 1.54) is 9.13 Å². The Morgan fingerprint density at radius 1 is 1.21 bits per heavy atom. The van der Waals surface area contributed by atoms with E-state index in [9.17, 15) is 0 Å². The van der Waals surface area contributed by atoms with Gasteiger partial charge >= 0.3 is 0 Å². The molecule has 5 heteroatoms. The Kier molecular flexibility index (Phi) is 5.65. The van der Waals surface area contributed by atoms with Gasteiger partial charge in [0.15, 0.2) is 0 Å². The number of nitrogens with two attached hydrogens (primary N) is 1. The first-order valence-corrected chi connectivity index (χ1v) is 8.00. The van der Waals surface area contributed by atoms with Crippen LogP contribution in [0.25, 0.3) is 0 Å². The molecule has 100 valence electrons. The van der Waals surface area contributed by atoms with Crippen molar-refractivity contribution in [2.75, 3.05) is 0 Å². The van der Waals surface area contributed by atoms with Gasteiger partial charge in [0.05, 0.1) is 6.04 Å². The lowest BCUT2D eigenvalue weighted by Crippen LogP contribution is -2.29. The molecule has 0 radical (unpaired) electrons. The summed E-state index contributed by atoms with van der Waals surface area (Å²) in [6.07, 6.45) is 0.795. The van der Waals surface area contributed by atoms with E-state index in [2.05, 4.69) is 68.2 Å². The summed E-state index contributed by atoms with van der Waals surface area (Å²) in [4.78, 5) is 0. The molecule has 0 aliphatic carbocycles. The molecule has 0 amide bonds. The molecule has 2 aromatic rings. The predicted molar refractivity (Wildman–Crippen MR) is 92.1 cm³/mol. The van der Waals surface area contributed by atoms with E-state index < -0.39 is 0 Å². The highest BCUT2D eigenvalue weighted by Gasteiger charge is 2.14. The molecule has 2 rings (SSSR count). The maximum atomic E-state index is 6.24. The standard InChI is InChI=1S/C14H13BrClIN2/c15-10-3-6-13(16)12(8-10)14(19-18)7-9-1-4-11(17)5-2-9/h1-6,8,14,19H,7,18H2. The molecule has 0 saturated heterocycles. The van der Waals surface area contributed by atoms with Crippen LogP contribution < -0.4 is 11.3 Å². The maximum Gasteiger partial charge on any atom is 0.0515 e. The third-order valence-electron chi connectivity index (χ3n) is 2.89. The summed E-state index contributed by atoms with van der Waals surface area (Å²) in [6.45, 7) is 0. The molecule has 19 heavy (non-hydrogen) atoms. The van der Waals surface area contributed by atoms with E-state index >= 15 is 0 Å². The Bertz CT molecular complexity index is 560. The molecule has 0 bridgehead atoms. The Labute approximate surface area is 140 Å². The van der Waals surface area contributed by atoms with Crippen molar-refractivity contribution in [1.29, 1.82) is 0 Å². The SMILES string of the molecule is NNC(Cc1ccc(I)cc1)c1cc(Br)ccc1Cl. The lowest BCUT2D eigenvalue weighted by Gasteiger charge is -2.18. The molecule has 3 N–H and O–H groups in total. The van der Waals surface area contributed by atoms with E-state index in [4.69, 9.17) is 17.4 Å². The first kappa shape index (κ1) is 15.3. The molecule has 2 nitrogen and oxygen atoms in total. The van der Waals surface area contributed by atoms with E-state index in [0.717, 1.165) is 21.5 Å². The lowest BCUT2D eigenvalue weighted by atomic mass is 9.99. The summed E-state index contributed by atoms with van der Waals surface area (Å²) < 4.78 is 2.22. The zero-order valence-electron chi connectivity index (χ0n) is 10.0. The molecule has 2 aromatic carbocycles. The maximum absolute atomic E-state index is 6.24. The highest BCUT2D eigenvalue weighted by Crippen LogP contribution is 2.28. The summed E-state index contributed by atoms with van der Waals surface area (Å²) >= 11 is 12.0. The summed E-state index contributed by atoms with van der Waals surface area (Å²) in [5.41, 5.74) is 5.06. The average Bonchev–Trinajstić information content (AvgIpc) is 2.41. The van der Waals surface area contributed by atoms with Crippen molar-refractivity contribution >= 4 is 50.1 Å². The molecule has 0 aliphatic rings. The largest absolute Gasteiger partial charge is 0.271 e. The molecule has 0 fully saturated rings. The van der Waals surface area contributed by atoms with Crippen molar-refractivity contribution < 1.29 is 0 Å². The van der Waals surface area contributed by atoms with E-state index in [1.54, 1.807) is 0 Å². The van der Waals surface area contributed by atoms with Gasteiger partial charge in [-0.25, -0.2) is 0 Å². The highest BCUT2D eigenvalue weighted by atomic mass is 127. The van der Waals surface area contributed by atoms with Gasteiger partial charge in [0.1, 0.15) is 0 Å². The zero-order valence-corrected chi connectivity index (χ0v) is 14.5. The third kappa shape index (κ3) is 4.16. The van der Waals surface area contributed by atoms with Crippen molar-refractivity contribution in [3.63, 3.8) is 0 Å². The molecular weight excluding hydrogens is 438 g/mol. The van der Waals surface area contributed by atoms with Crippen LogP contribution in [0.15, 0.2) is 46.9 Å². The van der Waals surface area contributed by atoms with Gasteiger partial charge in [-0.05, 0) is 70.5 Å². The van der Waals surface area contributed by atoms with Crippen LogP contribution in [0, 0.1) is 3.57 Å². The van der Waals surface area contributed by atoms with Gasteiger partial charge < -0.3 is 0 Å². The molecule has 1 unspecified atom stereocenters. The number of nitrogens with one attached hydrogen (secondary N) is 1. The summed E-state index contributed by atoms with van der Waals surface area (Å²) in [6, 6.07) is 14.2. The minimum atomic E-state index is -0.00920. The van der Waals surface area contributed by atoms with Crippen LogP contribution in [-0.4, -0.2) is 0 Å². The average molecular weight is 452 g/mol. The van der Waals surface area contributed by atoms with Gasteiger partial charge in [-0.15, -0.1) is 0 Å². The van der Waals surface area contributed by atoms with Crippen molar-refractivity contribution in [2.45, 2.75) is 12.5 Å². The second-order valence-corrected chi connectivity index (χ2v) is 6.78. The van der Waals surface area contributed by atoms with Crippen molar-refractivity contribution in [2.24, 2.45) is 5.84 Å². The van der Waals surface area contributed by atoms with E-state index in [0.29, 0.717) is 0 Å². The van der Waals surface area contributed by atoms with E-state index in [-0.39, 0.29) is 6.04 Å². The first-order valence-electron chi connectivity index (χ1n) is 5.75. The normalized spacial score (nSPS) is 12.4. The van der Waals surface area contributed by atoms with Crippen LogP contribution in [0.5, 0.6) is 0 Å². The topological polar surface area (TPSA) is 38.0 Å². The zero-order chi connectivity index (χ0) is 13.8. The fourth-order valence-corrected chi connectivity index (χ4v) is 2.88. The smallest absolute Gasteiger partial charge is 0.0515 e. The Balaban J connectivity index is 2.24. The van der Waals surface area contributed by atoms with Gasteiger partial charge in [-0.2, -0.15) is 0 Å². The fourth-order valence-electron chi connectivity index (χ4n) is 1.90. The molecule has 0 heterocycles. The minimum absolute atomic E-state index is 0.00920. The number of rotatable bonds is 4. The van der Waals surface area contributed by atoms with Gasteiger partial charge in [0, 0.05) is 13.1 Å². The van der Waals surface area contributed by atoms with Crippen molar-refractivity contribution in [3.8, 4) is 0 Å². The van der Waals surface area contributed by atoms with Gasteiger partial charge in [-0.3, -0.25) is 11.3 Å². The van der Waals surface area contributed by atoms with Crippen LogP contribution in [0.1, 0.15) is 17.2 Å². The molecule has 1 atom stereocenters. The van der Waals surface area contributed by atoms with Crippen LogP contribution in [0.4, 0.5) is 0 Å². The Morgan fingerprint density at radius 2 is 1.89 bits per heavy atom. The van der Waals surface area contributed by atoms with Crippen LogP contribution >= 0.6 is 50.1 Å². The van der Waals surface area contributed by atoms with Crippen LogP contribution in [-0.2, 0) is 6.42 Å². The van der Waals surface area contributed by atoms with Crippen LogP contribution in [0.2, 0.25) is 5.02 Å². The number of hydrazine groups is 1. The predicted octanol–water partition coefficient (Wildman–Crippen LogP) is 4.45. The third-order valence-corrected chi connectivity index (χ3v) is 4.44. The van der Waals surface area contributed by atoms with Gasteiger partial charge in [0.2, 0.25) is 0 Å². The molecule has 0 spiro atoms. The molecule has 0 aliphatic heterocycles. The lowest BCUT2D eigenvalue weighted by molar-refractivity contribution is 0.552. The Hall–Kier alpha value is -0.140. The fraction of sp³-hybridized carbons (Fsp3) is 0.143. The highest BCUT2D eigenvalue weighted by molar-refractivity contribution is 14.1. The number of halogens is 3. The van der Waals surface area contributed by atoms with Crippen LogP contribution in [0.3, 0.4) is 0 Å². The summed E-state index contributed by atoms with van der Waals surface area (Å²) in [7, 11) is 0. The first-order chi connectivity index (χ1) is 9.10. The minimum Gasteiger partial charge on any atom is -0.271 e. The molecular formula is C14H13BrClIN2. The van der Waals surface area contributed by atoms with Crippen molar-refractivity contribution in [1.82, 2.24) is 5.43 Å². The summed E-state index contributed by atoms with van der Waals surface area (Å²) in [5, 5.41) is 0.719. The molecule has 0 aromatic heterocycles. The van der Waals surface area contributed by atoms with Gasteiger partial charge in [-0.1, -0.05) is 39.7 Å². The van der Waals surface area contributed by atoms with E-state index in [1.807, 2.05) is 18.2 Å². The monoisotopic (exact) mass is 450 g/mol. The Morgan fingerprint density at radius 3 is 2.53 bits per heavy atom. The number of hydrogen-bond donors (Lipinski definition) is 2. The van der Waals surface area contributed by atoms with Gasteiger partial charge in [0.25, 0.3) is 0 Å². The number of benzene rings is 2. The quantitative estimate of drug-likeness (QED) is 0.409.